The molecular weight excluding hydrogens is 402 g/mol. The van der Waals surface area contributed by atoms with Crippen molar-refractivity contribution >= 4 is 48.0 Å². The van der Waals surface area contributed by atoms with Gasteiger partial charge in [0.25, 0.3) is 5.91 Å². The Morgan fingerprint density at radius 2 is 1.89 bits per heavy atom. The average molecular weight is 430 g/mol. The molecule has 27 heavy (non-hydrogen) atoms. The minimum atomic E-state index is -3.10. The van der Waals surface area contributed by atoms with Crippen molar-refractivity contribution < 1.29 is 13.2 Å². The second-order valence-electron chi connectivity index (χ2n) is 6.73. The molecule has 0 aliphatic carbocycles. The molecular formula is C18H27N3O3S3. The topological polar surface area (TPSA) is 69.7 Å². The molecule has 1 fully saturated rings. The Labute approximate surface area is 169 Å². The lowest BCUT2D eigenvalue weighted by Gasteiger charge is -2.33. The lowest BCUT2D eigenvalue weighted by molar-refractivity contribution is 0.0949. The molecule has 1 saturated heterocycles. The SMILES string of the molecule is CCCS(=O)(=O)N1CCN(CCNC(=O)c2cc3cc(CC)sc3s2)CC1. The molecule has 9 heteroatoms. The third-order valence-corrected chi connectivity index (χ3v) is 9.35. The van der Waals surface area contributed by atoms with E-state index in [9.17, 15) is 13.2 Å². The van der Waals surface area contributed by atoms with E-state index in [2.05, 4.69) is 23.2 Å². The number of amides is 1. The number of carbonyl (C=O) groups is 1. The maximum atomic E-state index is 12.4. The van der Waals surface area contributed by atoms with E-state index in [1.807, 2.05) is 13.0 Å². The number of nitrogens with one attached hydrogen (secondary N) is 1. The van der Waals surface area contributed by atoms with Gasteiger partial charge in [-0.3, -0.25) is 9.69 Å². The predicted molar refractivity (Wildman–Crippen MR) is 114 cm³/mol. The minimum absolute atomic E-state index is 0.0226. The Kier molecular flexibility index (Phi) is 6.91. The summed E-state index contributed by atoms with van der Waals surface area (Å²) in [5.41, 5.74) is 0. The molecule has 1 N–H and O–H groups in total. The summed E-state index contributed by atoms with van der Waals surface area (Å²) >= 11 is 3.32. The Morgan fingerprint density at radius 1 is 1.15 bits per heavy atom. The average Bonchev–Trinajstić information content (AvgIpc) is 3.20. The van der Waals surface area contributed by atoms with Crippen molar-refractivity contribution in [1.82, 2.24) is 14.5 Å². The molecule has 6 nitrogen and oxygen atoms in total. The summed E-state index contributed by atoms with van der Waals surface area (Å²) in [6.07, 6.45) is 1.68. The first-order valence-corrected chi connectivity index (χ1v) is 12.7. The van der Waals surface area contributed by atoms with Gasteiger partial charge in [-0.05, 0) is 25.0 Å². The third-order valence-electron chi connectivity index (χ3n) is 4.74. The van der Waals surface area contributed by atoms with Gasteiger partial charge < -0.3 is 5.32 Å². The van der Waals surface area contributed by atoms with Crippen LogP contribution in [-0.4, -0.2) is 68.6 Å². The van der Waals surface area contributed by atoms with Crippen molar-refractivity contribution in [2.24, 2.45) is 0 Å². The highest BCUT2D eigenvalue weighted by atomic mass is 32.2. The summed E-state index contributed by atoms with van der Waals surface area (Å²) in [6.45, 7) is 7.85. The van der Waals surface area contributed by atoms with Crippen LogP contribution in [0.5, 0.6) is 0 Å². The smallest absolute Gasteiger partial charge is 0.261 e. The van der Waals surface area contributed by atoms with E-state index < -0.39 is 10.0 Å². The molecule has 0 atom stereocenters. The number of nitrogens with zero attached hydrogens (tertiary/aromatic N) is 2. The highest BCUT2D eigenvalue weighted by Crippen LogP contribution is 2.33. The van der Waals surface area contributed by atoms with Gasteiger partial charge in [0.05, 0.1) is 14.6 Å². The van der Waals surface area contributed by atoms with Crippen LogP contribution in [0, 0.1) is 0 Å². The second-order valence-corrected chi connectivity index (χ2v) is 11.3. The molecule has 2 aromatic heterocycles. The second kappa shape index (κ2) is 9.00. The molecule has 0 radical (unpaired) electrons. The molecule has 0 bridgehead atoms. The molecule has 150 valence electrons. The monoisotopic (exact) mass is 429 g/mol. The van der Waals surface area contributed by atoms with Crippen LogP contribution in [0.3, 0.4) is 0 Å². The quantitative estimate of drug-likeness (QED) is 0.700. The van der Waals surface area contributed by atoms with Gasteiger partial charge in [-0.15, -0.1) is 22.7 Å². The van der Waals surface area contributed by atoms with Crippen LogP contribution in [0.2, 0.25) is 0 Å². The number of hydrogen-bond acceptors (Lipinski definition) is 6. The van der Waals surface area contributed by atoms with Gasteiger partial charge >= 0.3 is 0 Å². The molecule has 1 aliphatic rings. The number of hydrogen-bond donors (Lipinski definition) is 1. The van der Waals surface area contributed by atoms with Gasteiger partial charge in [0.2, 0.25) is 10.0 Å². The van der Waals surface area contributed by atoms with Crippen LogP contribution < -0.4 is 5.32 Å². The Balaban J connectivity index is 1.43. The van der Waals surface area contributed by atoms with Gasteiger partial charge in [0.15, 0.2) is 0 Å². The highest BCUT2D eigenvalue weighted by Gasteiger charge is 2.25. The van der Waals surface area contributed by atoms with E-state index in [-0.39, 0.29) is 11.7 Å². The zero-order valence-electron chi connectivity index (χ0n) is 15.9. The van der Waals surface area contributed by atoms with Crippen molar-refractivity contribution in [1.29, 1.82) is 0 Å². The van der Waals surface area contributed by atoms with E-state index in [0.717, 1.165) is 23.2 Å². The fraction of sp³-hybridized carbons (Fsp3) is 0.611. The first-order valence-electron chi connectivity index (χ1n) is 9.43. The predicted octanol–water partition coefficient (Wildman–Crippen LogP) is 2.61. The lowest BCUT2D eigenvalue weighted by Crippen LogP contribution is -2.50. The first-order chi connectivity index (χ1) is 12.9. The van der Waals surface area contributed by atoms with Crippen molar-refractivity contribution in [3.63, 3.8) is 0 Å². The summed E-state index contributed by atoms with van der Waals surface area (Å²) < 4.78 is 27.0. The van der Waals surface area contributed by atoms with Crippen LogP contribution in [0.15, 0.2) is 12.1 Å². The number of fused-ring (bicyclic) bond motifs is 1. The maximum absolute atomic E-state index is 12.4. The number of carbonyl (C=O) groups excluding carboxylic acids is 1. The van der Waals surface area contributed by atoms with Gasteiger partial charge in [-0.1, -0.05) is 13.8 Å². The fourth-order valence-corrected chi connectivity index (χ4v) is 7.05. The van der Waals surface area contributed by atoms with Crippen LogP contribution in [0.25, 0.3) is 9.40 Å². The number of rotatable bonds is 8. The summed E-state index contributed by atoms with van der Waals surface area (Å²) in [6, 6.07) is 4.14. The highest BCUT2D eigenvalue weighted by molar-refractivity contribution is 7.89. The summed E-state index contributed by atoms with van der Waals surface area (Å²) in [5, 5.41) is 4.15. The molecule has 0 aromatic carbocycles. The van der Waals surface area contributed by atoms with Crippen molar-refractivity contribution in [3.05, 3.63) is 21.9 Å². The molecule has 1 aliphatic heterocycles. The van der Waals surface area contributed by atoms with Crippen LogP contribution >= 0.6 is 22.7 Å². The van der Waals surface area contributed by atoms with E-state index in [4.69, 9.17) is 0 Å². The van der Waals surface area contributed by atoms with Crippen LogP contribution in [-0.2, 0) is 16.4 Å². The van der Waals surface area contributed by atoms with Crippen LogP contribution in [0.1, 0.15) is 34.8 Å². The fourth-order valence-electron chi connectivity index (χ4n) is 3.21. The molecule has 0 spiro atoms. The Hall–Kier alpha value is -1.00. The Morgan fingerprint density at radius 3 is 2.52 bits per heavy atom. The van der Waals surface area contributed by atoms with Gasteiger partial charge in [-0.25, -0.2) is 8.42 Å². The van der Waals surface area contributed by atoms with Gasteiger partial charge in [0.1, 0.15) is 0 Å². The largest absolute Gasteiger partial charge is 0.350 e. The van der Waals surface area contributed by atoms with Crippen LogP contribution in [0.4, 0.5) is 0 Å². The lowest BCUT2D eigenvalue weighted by atomic mass is 10.3. The van der Waals surface area contributed by atoms with Crippen molar-refractivity contribution in [2.45, 2.75) is 26.7 Å². The van der Waals surface area contributed by atoms with Gasteiger partial charge in [-0.2, -0.15) is 4.31 Å². The number of sulfonamides is 1. The summed E-state index contributed by atoms with van der Waals surface area (Å²) in [5.74, 6) is 0.201. The van der Waals surface area contributed by atoms with Crippen molar-refractivity contribution in [3.8, 4) is 0 Å². The molecule has 3 heterocycles. The van der Waals surface area contributed by atoms with Gasteiger partial charge in [0, 0.05) is 49.5 Å². The number of thiophene rings is 2. The third kappa shape index (κ3) is 5.08. The Bertz CT molecular complexity index is 849. The standard InChI is InChI=1S/C18H27N3O3S3/c1-3-11-27(23,24)21-9-7-20(8-10-21)6-5-19-17(22)16-13-14-12-15(4-2)25-18(14)26-16/h12-13H,3-11H2,1-2H3,(H,19,22). The zero-order valence-corrected chi connectivity index (χ0v) is 18.3. The zero-order chi connectivity index (χ0) is 19.4. The molecule has 0 unspecified atom stereocenters. The van der Waals surface area contributed by atoms with Crippen molar-refractivity contribution in [2.75, 3.05) is 45.0 Å². The van der Waals surface area contributed by atoms with E-state index >= 15 is 0 Å². The van der Waals surface area contributed by atoms with E-state index in [1.54, 1.807) is 27.0 Å². The van der Waals surface area contributed by atoms with E-state index in [0.29, 0.717) is 39.1 Å². The summed E-state index contributed by atoms with van der Waals surface area (Å²) in [4.78, 5) is 16.7. The normalized spacial score (nSPS) is 16.8. The first kappa shape index (κ1) is 20.7. The molecule has 1 amide bonds. The summed E-state index contributed by atoms with van der Waals surface area (Å²) in [7, 11) is -3.10. The van der Waals surface area contributed by atoms with E-state index in [1.165, 1.54) is 8.89 Å². The number of aryl methyl sites for hydroxylation is 1. The molecule has 0 saturated carbocycles. The minimum Gasteiger partial charge on any atom is -0.350 e. The number of piperazine rings is 1. The molecule has 2 aromatic rings. The maximum Gasteiger partial charge on any atom is 0.261 e. The molecule has 3 rings (SSSR count).